The number of H-pyrrole nitrogens is 1. The number of rotatable bonds is 3. The Morgan fingerprint density at radius 3 is 2.31 bits per heavy atom. The summed E-state index contributed by atoms with van der Waals surface area (Å²) in [6, 6.07) is 19.1. The van der Waals surface area contributed by atoms with Crippen LogP contribution in [0, 0.1) is 0 Å². The van der Waals surface area contributed by atoms with Gasteiger partial charge in [0.2, 0.25) is 5.91 Å². The van der Waals surface area contributed by atoms with Crippen LogP contribution in [0.15, 0.2) is 71.6 Å². The number of nitrogens with one attached hydrogen (secondary N) is 1. The lowest BCUT2D eigenvalue weighted by molar-refractivity contribution is -0.117. The highest BCUT2D eigenvalue weighted by molar-refractivity contribution is 7.90. The SMILES string of the molecule is CC(=O)N1c2ccc(-c3ccc(S(C)(=O)=O)cc3)cc2N(C(=O)c2cc3ccc(Cl)cc3[nH]2)C[C@@H]1C. The highest BCUT2D eigenvalue weighted by Crippen LogP contribution is 2.40. The van der Waals surface area contributed by atoms with Crippen molar-refractivity contribution in [3.8, 4) is 11.1 Å². The van der Waals surface area contributed by atoms with Crippen molar-refractivity contribution in [3.05, 3.63) is 77.4 Å². The number of hydrogen-bond acceptors (Lipinski definition) is 4. The summed E-state index contributed by atoms with van der Waals surface area (Å²) in [7, 11) is -3.31. The van der Waals surface area contributed by atoms with Crippen LogP contribution < -0.4 is 9.80 Å². The Bertz CT molecular complexity index is 1630. The number of carbonyl (C=O) groups excluding carboxylic acids is 2. The molecule has 1 aliphatic heterocycles. The zero-order valence-corrected chi connectivity index (χ0v) is 21.5. The molecule has 5 rings (SSSR count). The third-order valence-electron chi connectivity index (χ3n) is 6.43. The smallest absolute Gasteiger partial charge is 0.274 e. The van der Waals surface area contributed by atoms with Crippen LogP contribution in [-0.4, -0.2) is 44.1 Å². The molecule has 36 heavy (non-hydrogen) atoms. The summed E-state index contributed by atoms with van der Waals surface area (Å²) >= 11 is 6.11. The van der Waals surface area contributed by atoms with Crippen LogP contribution in [0.4, 0.5) is 11.4 Å². The van der Waals surface area contributed by atoms with Gasteiger partial charge in [0.15, 0.2) is 9.84 Å². The molecular formula is C27H24ClN3O4S. The lowest BCUT2D eigenvalue weighted by Crippen LogP contribution is -2.51. The van der Waals surface area contributed by atoms with Crippen molar-refractivity contribution < 1.29 is 18.0 Å². The lowest BCUT2D eigenvalue weighted by Gasteiger charge is -2.40. The van der Waals surface area contributed by atoms with Crippen LogP contribution in [0.1, 0.15) is 24.3 Å². The van der Waals surface area contributed by atoms with E-state index >= 15 is 0 Å². The maximum absolute atomic E-state index is 13.7. The molecular weight excluding hydrogens is 498 g/mol. The number of hydrogen-bond donors (Lipinski definition) is 1. The molecule has 7 nitrogen and oxygen atoms in total. The largest absolute Gasteiger partial charge is 0.350 e. The standard InChI is InChI=1S/C27H24ClN3O4S/c1-16-15-30(27(33)24-12-20-4-8-21(28)14-23(20)29-24)26-13-19(7-11-25(26)31(16)17(2)32)18-5-9-22(10-6-18)36(3,34)35/h4-14,16,29H,15H2,1-3H3/t16-/m0/s1. The van der Waals surface area contributed by atoms with Gasteiger partial charge in [-0.05, 0) is 60.5 Å². The molecule has 1 aromatic heterocycles. The van der Waals surface area contributed by atoms with E-state index in [0.29, 0.717) is 28.6 Å². The number of amides is 2. The molecule has 0 radical (unpaired) electrons. The molecule has 0 unspecified atom stereocenters. The van der Waals surface area contributed by atoms with Crippen molar-refractivity contribution in [2.45, 2.75) is 24.8 Å². The van der Waals surface area contributed by atoms with E-state index in [0.717, 1.165) is 22.0 Å². The van der Waals surface area contributed by atoms with Crippen molar-refractivity contribution in [2.24, 2.45) is 0 Å². The Morgan fingerprint density at radius 1 is 0.944 bits per heavy atom. The average Bonchev–Trinajstić information content (AvgIpc) is 3.25. The van der Waals surface area contributed by atoms with E-state index < -0.39 is 9.84 Å². The topological polar surface area (TPSA) is 90.6 Å². The second kappa shape index (κ2) is 8.80. The highest BCUT2D eigenvalue weighted by Gasteiger charge is 2.34. The number of anilines is 2. The van der Waals surface area contributed by atoms with Crippen molar-refractivity contribution in [1.29, 1.82) is 0 Å². The van der Waals surface area contributed by atoms with Crippen molar-refractivity contribution in [3.63, 3.8) is 0 Å². The predicted molar refractivity (Wildman–Crippen MR) is 143 cm³/mol. The van der Waals surface area contributed by atoms with Gasteiger partial charge in [0, 0.05) is 35.6 Å². The van der Waals surface area contributed by atoms with Crippen LogP contribution >= 0.6 is 11.6 Å². The van der Waals surface area contributed by atoms with Gasteiger partial charge in [-0.2, -0.15) is 0 Å². The molecule has 2 heterocycles. The number of aromatic nitrogens is 1. The first-order chi connectivity index (χ1) is 17.0. The summed E-state index contributed by atoms with van der Waals surface area (Å²) in [5.41, 5.74) is 4.03. The second-order valence-electron chi connectivity index (χ2n) is 9.07. The fourth-order valence-corrected chi connectivity index (χ4v) is 5.53. The van der Waals surface area contributed by atoms with Gasteiger partial charge in [0.05, 0.1) is 22.3 Å². The van der Waals surface area contributed by atoms with Gasteiger partial charge in [0.25, 0.3) is 5.91 Å². The first-order valence-electron chi connectivity index (χ1n) is 11.4. The molecule has 2 amide bonds. The van der Waals surface area contributed by atoms with Crippen LogP contribution in [0.2, 0.25) is 5.02 Å². The van der Waals surface area contributed by atoms with Crippen LogP contribution in [0.25, 0.3) is 22.0 Å². The van der Waals surface area contributed by atoms with Crippen molar-refractivity contribution in [1.82, 2.24) is 4.98 Å². The van der Waals surface area contributed by atoms with Gasteiger partial charge in [0.1, 0.15) is 5.69 Å². The number of fused-ring (bicyclic) bond motifs is 2. The molecule has 1 N–H and O–H groups in total. The van der Waals surface area contributed by atoms with E-state index in [2.05, 4.69) is 4.98 Å². The molecule has 3 aromatic carbocycles. The predicted octanol–water partition coefficient (Wildman–Crippen LogP) is 5.29. The fraction of sp³-hybridized carbons (Fsp3) is 0.185. The Kier molecular flexibility index (Phi) is 5.89. The second-order valence-corrected chi connectivity index (χ2v) is 11.5. The third-order valence-corrected chi connectivity index (χ3v) is 7.79. The zero-order valence-electron chi connectivity index (χ0n) is 19.9. The van der Waals surface area contributed by atoms with E-state index in [4.69, 9.17) is 11.6 Å². The molecule has 0 bridgehead atoms. The van der Waals surface area contributed by atoms with Crippen LogP contribution in [0.3, 0.4) is 0 Å². The summed E-state index contributed by atoms with van der Waals surface area (Å²) in [6.07, 6.45) is 1.17. The summed E-state index contributed by atoms with van der Waals surface area (Å²) in [5, 5.41) is 1.45. The third kappa shape index (κ3) is 4.27. The summed E-state index contributed by atoms with van der Waals surface area (Å²) < 4.78 is 23.7. The molecule has 0 saturated heterocycles. The minimum atomic E-state index is -3.31. The lowest BCUT2D eigenvalue weighted by atomic mass is 10.0. The molecule has 0 aliphatic carbocycles. The molecule has 0 fully saturated rings. The molecule has 184 valence electrons. The maximum atomic E-state index is 13.7. The number of benzene rings is 3. The van der Waals surface area contributed by atoms with Gasteiger partial charge < -0.3 is 14.8 Å². The quantitative estimate of drug-likeness (QED) is 0.396. The number of aromatic amines is 1. The first kappa shape index (κ1) is 24.1. The molecule has 0 spiro atoms. The van der Waals surface area contributed by atoms with Gasteiger partial charge in [-0.1, -0.05) is 35.9 Å². The van der Waals surface area contributed by atoms with Crippen molar-refractivity contribution in [2.75, 3.05) is 22.6 Å². The van der Waals surface area contributed by atoms with Gasteiger partial charge in [-0.25, -0.2) is 8.42 Å². The zero-order chi connectivity index (χ0) is 25.8. The summed E-state index contributed by atoms with van der Waals surface area (Å²) in [5.74, 6) is -0.329. The van der Waals surface area contributed by atoms with E-state index in [-0.39, 0.29) is 22.8 Å². The fourth-order valence-electron chi connectivity index (χ4n) is 4.73. The van der Waals surface area contributed by atoms with E-state index in [1.807, 2.05) is 31.2 Å². The van der Waals surface area contributed by atoms with Crippen molar-refractivity contribution >= 4 is 55.5 Å². The average molecular weight is 522 g/mol. The molecule has 4 aromatic rings. The minimum absolute atomic E-state index is 0.110. The highest BCUT2D eigenvalue weighted by atomic mass is 35.5. The Hall–Kier alpha value is -3.62. The molecule has 9 heteroatoms. The number of carbonyl (C=O) groups is 2. The number of sulfone groups is 1. The maximum Gasteiger partial charge on any atom is 0.274 e. The van der Waals surface area contributed by atoms with Gasteiger partial charge in [-0.15, -0.1) is 0 Å². The minimum Gasteiger partial charge on any atom is -0.350 e. The number of halogens is 1. The van der Waals surface area contributed by atoms with Gasteiger partial charge in [-0.3, -0.25) is 9.59 Å². The first-order valence-corrected chi connectivity index (χ1v) is 13.6. The Morgan fingerprint density at radius 2 is 1.64 bits per heavy atom. The van der Waals surface area contributed by atoms with Crippen LogP contribution in [-0.2, 0) is 14.6 Å². The molecule has 0 saturated carbocycles. The molecule has 1 aliphatic rings. The van der Waals surface area contributed by atoms with Gasteiger partial charge >= 0.3 is 0 Å². The molecule has 1 atom stereocenters. The number of nitrogens with zero attached hydrogens (tertiary/aromatic N) is 2. The van der Waals surface area contributed by atoms with E-state index in [1.165, 1.54) is 13.2 Å². The summed E-state index contributed by atoms with van der Waals surface area (Å²) in [6.45, 7) is 3.74. The van der Waals surface area contributed by atoms with E-state index in [1.54, 1.807) is 52.3 Å². The Balaban J connectivity index is 1.60. The Labute approximate surface area is 214 Å². The normalized spacial score (nSPS) is 15.7. The van der Waals surface area contributed by atoms with Crippen LogP contribution in [0.5, 0.6) is 0 Å². The summed E-state index contributed by atoms with van der Waals surface area (Å²) in [4.78, 5) is 33.0. The monoisotopic (exact) mass is 521 g/mol. The van der Waals surface area contributed by atoms with E-state index in [9.17, 15) is 18.0 Å².